The highest BCUT2D eigenvalue weighted by Gasteiger charge is 2.35. The molecule has 0 N–H and O–H groups in total. The van der Waals surface area contributed by atoms with Gasteiger partial charge in [0.15, 0.2) is 5.03 Å². The van der Waals surface area contributed by atoms with Crippen molar-refractivity contribution in [2.45, 2.75) is 11.1 Å². The van der Waals surface area contributed by atoms with E-state index >= 15 is 0 Å². The molecule has 3 aromatic rings. The third-order valence-electron chi connectivity index (χ3n) is 4.73. The van der Waals surface area contributed by atoms with E-state index in [1.165, 1.54) is 16.6 Å². The Morgan fingerprint density at radius 2 is 1.66 bits per heavy atom. The number of nitrogens with zero attached hydrogens (tertiary/aromatic N) is 2. The first-order chi connectivity index (χ1) is 14.1. The number of benzene rings is 2. The van der Waals surface area contributed by atoms with E-state index in [0.29, 0.717) is 11.4 Å². The van der Waals surface area contributed by atoms with Crippen LogP contribution in [-0.2, 0) is 10.0 Å². The Hall–Kier alpha value is -3.38. The van der Waals surface area contributed by atoms with Crippen LogP contribution in [0.5, 0.6) is 5.75 Å². The normalized spacial score (nSPS) is 16.4. The van der Waals surface area contributed by atoms with Gasteiger partial charge in [0.25, 0.3) is 10.0 Å². The van der Waals surface area contributed by atoms with E-state index in [2.05, 4.69) is 4.98 Å². The van der Waals surface area contributed by atoms with Crippen LogP contribution in [0.2, 0.25) is 0 Å². The number of aromatic nitrogens is 1. The van der Waals surface area contributed by atoms with Crippen molar-refractivity contribution in [1.29, 1.82) is 0 Å². The first-order valence-electron chi connectivity index (χ1n) is 9.14. The van der Waals surface area contributed by atoms with E-state index in [1.54, 1.807) is 19.2 Å². The standard InChI is InChI=1S/C23H20N2O3S/c1-28-20-15-13-19(14-16-20)22-11-7-10-21(18-8-3-2-4-9-18)25(22)29(26,27)23-12-5-6-17-24-23/h2-17,21H,1H3. The Balaban J connectivity index is 1.87. The number of hydrogen-bond donors (Lipinski definition) is 0. The molecule has 6 heteroatoms. The summed E-state index contributed by atoms with van der Waals surface area (Å²) < 4.78 is 34.0. The van der Waals surface area contributed by atoms with E-state index < -0.39 is 16.1 Å². The summed E-state index contributed by atoms with van der Waals surface area (Å²) in [5.41, 5.74) is 2.23. The lowest BCUT2D eigenvalue weighted by molar-refractivity contribution is 0.414. The fourth-order valence-electron chi connectivity index (χ4n) is 3.31. The van der Waals surface area contributed by atoms with Crippen molar-refractivity contribution >= 4 is 15.7 Å². The minimum absolute atomic E-state index is 0.00985. The molecule has 29 heavy (non-hydrogen) atoms. The van der Waals surface area contributed by atoms with Gasteiger partial charge in [0.05, 0.1) is 18.8 Å². The SMILES string of the molecule is COc1ccc(C2=CC=CC(c3ccccc3)N2S(=O)(=O)c2ccccn2)cc1. The molecule has 1 unspecified atom stereocenters. The van der Waals surface area contributed by atoms with Crippen molar-refractivity contribution in [3.8, 4) is 5.75 Å². The highest BCUT2D eigenvalue weighted by molar-refractivity contribution is 7.89. The number of hydrogen-bond acceptors (Lipinski definition) is 4. The molecule has 0 amide bonds. The smallest absolute Gasteiger partial charge is 0.282 e. The van der Waals surface area contributed by atoms with Gasteiger partial charge in [-0.3, -0.25) is 4.31 Å². The molecule has 5 nitrogen and oxygen atoms in total. The first-order valence-corrected chi connectivity index (χ1v) is 10.6. The van der Waals surface area contributed by atoms with E-state index in [0.717, 1.165) is 11.1 Å². The van der Waals surface area contributed by atoms with Gasteiger partial charge in [-0.05, 0) is 53.6 Å². The number of pyridine rings is 1. The second kappa shape index (κ2) is 7.93. The van der Waals surface area contributed by atoms with Crippen LogP contribution in [0.25, 0.3) is 5.70 Å². The number of methoxy groups -OCH3 is 1. The first kappa shape index (κ1) is 19.0. The molecule has 0 bridgehead atoms. The second-order valence-corrected chi connectivity index (χ2v) is 8.25. The Morgan fingerprint density at radius 3 is 2.31 bits per heavy atom. The van der Waals surface area contributed by atoms with Gasteiger partial charge in [0, 0.05) is 6.20 Å². The molecule has 1 atom stereocenters. The summed E-state index contributed by atoms with van der Waals surface area (Å²) in [5, 5.41) is 0.00985. The van der Waals surface area contributed by atoms with Crippen molar-refractivity contribution < 1.29 is 13.2 Å². The minimum atomic E-state index is -3.90. The molecular formula is C23H20N2O3S. The van der Waals surface area contributed by atoms with Gasteiger partial charge in [0.2, 0.25) is 0 Å². The minimum Gasteiger partial charge on any atom is -0.497 e. The molecular weight excluding hydrogens is 384 g/mol. The zero-order chi connectivity index (χ0) is 20.3. The molecule has 0 saturated heterocycles. The Bertz CT molecular complexity index is 1140. The molecule has 1 aliphatic heterocycles. The summed E-state index contributed by atoms with van der Waals surface area (Å²) in [4.78, 5) is 4.11. The van der Waals surface area contributed by atoms with Crippen LogP contribution in [0.3, 0.4) is 0 Å². The average Bonchev–Trinajstić information content (AvgIpc) is 2.80. The summed E-state index contributed by atoms with van der Waals surface area (Å²) in [6.45, 7) is 0. The van der Waals surface area contributed by atoms with Crippen LogP contribution in [0, 0.1) is 0 Å². The summed E-state index contributed by atoms with van der Waals surface area (Å²) in [7, 11) is -2.30. The number of rotatable bonds is 5. The maximum absolute atomic E-state index is 13.6. The van der Waals surface area contributed by atoms with E-state index in [9.17, 15) is 8.42 Å². The van der Waals surface area contributed by atoms with Crippen molar-refractivity contribution in [3.05, 3.63) is 108 Å². The van der Waals surface area contributed by atoms with Gasteiger partial charge in [-0.1, -0.05) is 48.6 Å². The molecule has 2 heterocycles. The Labute approximate surface area is 170 Å². The molecule has 146 valence electrons. The second-order valence-electron chi connectivity index (χ2n) is 6.49. The summed E-state index contributed by atoms with van der Waals surface area (Å²) in [5.74, 6) is 0.708. The highest BCUT2D eigenvalue weighted by atomic mass is 32.2. The third kappa shape index (κ3) is 3.67. The van der Waals surface area contributed by atoms with Crippen LogP contribution in [0.1, 0.15) is 17.2 Å². The fourth-order valence-corrected chi connectivity index (χ4v) is 4.88. The van der Waals surface area contributed by atoms with Gasteiger partial charge in [-0.2, -0.15) is 8.42 Å². The summed E-state index contributed by atoms with van der Waals surface area (Å²) in [6.07, 6.45) is 7.06. The number of allylic oxidation sites excluding steroid dienone is 2. The molecule has 0 radical (unpaired) electrons. The van der Waals surface area contributed by atoms with Crippen LogP contribution in [0.4, 0.5) is 0 Å². The lowest BCUT2D eigenvalue weighted by Crippen LogP contribution is -2.34. The zero-order valence-electron chi connectivity index (χ0n) is 15.8. The third-order valence-corrected chi connectivity index (χ3v) is 6.44. The lowest BCUT2D eigenvalue weighted by atomic mass is 10.0. The lowest BCUT2D eigenvalue weighted by Gasteiger charge is -2.35. The van der Waals surface area contributed by atoms with E-state index in [4.69, 9.17) is 4.74 Å². The Morgan fingerprint density at radius 1 is 0.931 bits per heavy atom. The molecule has 2 aromatic carbocycles. The topological polar surface area (TPSA) is 59.5 Å². The molecule has 0 saturated carbocycles. The van der Waals surface area contributed by atoms with Crippen LogP contribution < -0.4 is 4.74 Å². The maximum atomic E-state index is 13.6. The quantitative estimate of drug-likeness (QED) is 0.631. The fraction of sp³-hybridized carbons (Fsp3) is 0.0870. The van der Waals surface area contributed by atoms with Crippen LogP contribution in [0.15, 0.2) is 102 Å². The predicted molar refractivity (Wildman–Crippen MR) is 113 cm³/mol. The number of sulfonamides is 1. The van der Waals surface area contributed by atoms with Gasteiger partial charge >= 0.3 is 0 Å². The molecule has 1 aliphatic rings. The van der Waals surface area contributed by atoms with Crippen LogP contribution in [-0.4, -0.2) is 24.8 Å². The van der Waals surface area contributed by atoms with Crippen molar-refractivity contribution in [2.75, 3.05) is 7.11 Å². The molecule has 0 aliphatic carbocycles. The highest BCUT2D eigenvalue weighted by Crippen LogP contribution is 2.39. The van der Waals surface area contributed by atoms with Gasteiger partial charge < -0.3 is 4.74 Å². The molecule has 0 fully saturated rings. The van der Waals surface area contributed by atoms with Gasteiger partial charge in [-0.15, -0.1) is 0 Å². The maximum Gasteiger partial charge on any atom is 0.282 e. The van der Waals surface area contributed by atoms with Crippen molar-refractivity contribution in [2.24, 2.45) is 0 Å². The van der Waals surface area contributed by atoms with Crippen molar-refractivity contribution in [1.82, 2.24) is 9.29 Å². The monoisotopic (exact) mass is 404 g/mol. The zero-order valence-corrected chi connectivity index (χ0v) is 16.7. The molecule has 4 rings (SSSR count). The van der Waals surface area contributed by atoms with Gasteiger partial charge in [-0.25, -0.2) is 4.98 Å². The predicted octanol–water partition coefficient (Wildman–Crippen LogP) is 4.43. The largest absolute Gasteiger partial charge is 0.497 e. The summed E-state index contributed by atoms with van der Waals surface area (Å²) >= 11 is 0. The van der Waals surface area contributed by atoms with E-state index in [1.807, 2.05) is 72.8 Å². The van der Waals surface area contributed by atoms with Crippen molar-refractivity contribution in [3.63, 3.8) is 0 Å². The number of ether oxygens (including phenoxy) is 1. The van der Waals surface area contributed by atoms with Crippen LogP contribution >= 0.6 is 0 Å². The molecule has 1 aromatic heterocycles. The Kier molecular flexibility index (Phi) is 5.18. The average molecular weight is 404 g/mol. The van der Waals surface area contributed by atoms with Gasteiger partial charge in [0.1, 0.15) is 5.75 Å². The summed E-state index contributed by atoms with van der Waals surface area (Å²) in [6, 6.07) is 21.3. The molecule has 0 spiro atoms. The van der Waals surface area contributed by atoms with E-state index in [-0.39, 0.29) is 5.03 Å².